The zero-order valence-corrected chi connectivity index (χ0v) is 18.9. The van der Waals surface area contributed by atoms with Gasteiger partial charge in [0.15, 0.2) is 0 Å². The highest BCUT2D eigenvalue weighted by molar-refractivity contribution is 5.89. The van der Waals surface area contributed by atoms with Crippen LogP contribution in [-0.2, 0) is 28.9 Å². The van der Waals surface area contributed by atoms with Crippen LogP contribution in [-0.4, -0.2) is 54.6 Å². The molecule has 1 N–H and O–H groups in total. The summed E-state index contributed by atoms with van der Waals surface area (Å²) in [6, 6.07) is 16.1. The van der Waals surface area contributed by atoms with E-state index in [0.717, 1.165) is 56.8 Å². The second-order valence-corrected chi connectivity index (χ2v) is 8.82. The van der Waals surface area contributed by atoms with E-state index in [9.17, 15) is 9.59 Å². The van der Waals surface area contributed by atoms with Gasteiger partial charge in [-0.25, -0.2) is 4.79 Å². The van der Waals surface area contributed by atoms with Crippen LogP contribution in [0.25, 0.3) is 0 Å². The molecule has 1 atom stereocenters. The highest BCUT2D eigenvalue weighted by Crippen LogP contribution is 2.23. The molecule has 6 nitrogen and oxygen atoms in total. The summed E-state index contributed by atoms with van der Waals surface area (Å²) >= 11 is 0. The van der Waals surface area contributed by atoms with Crippen LogP contribution in [0.5, 0.6) is 0 Å². The number of amides is 2. The van der Waals surface area contributed by atoms with Gasteiger partial charge in [0.25, 0.3) is 0 Å². The molecule has 0 bridgehead atoms. The molecule has 2 aromatic rings. The Morgan fingerprint density at radius 3 is 2.62 bits per heavy atom. The van der Waals surface area contributed by atoms with Crippen LogP contribution < -0.4 is 5.32 Å². The molecule has 1 saturated heterocycles. The predicted molar refractivity (Wildman–Crippen MR) is 126 cm³/mol. The Balaban J connectivity index is 1.27. The van der Waals surface area contributed by atoms with Gasteiger partial charge >= 0.3 is 12.0 Å². The molecule has 2 heterocycles. The van der Waals surface area contributed by atoms with Crippen molar-refractivity contribution >= 4 is 17.7 Å². The molecular weight excluding hydrogens is 402 g/mol. The van der Waals surface area contributed by atoms with Crippen molar-refractivity contribution in [3.8, 4) is 0 Å². The maximum absolute atomic E-state index is 12.8. The fourth-order valence-electron chi connectivity index (χ4n) is 4.76. The van der Waals surface area contributed by atoms with Crippen LogP contribution in [0.15, 0.2) is 48.5 Å². The van der Waals surface area contributed by atoms with Gasteiger partial charge in [-0.15, -0.1) is 0 Å². The number of urea groups is 1. The summed E-state index contributed by atoms with van der Waals surface area (Å²) in [6.45, 7) is 6.93. The maximum Gasteiger partial charge on any atom is 0.321 e. The first-order valence-corrected chi connectivity index (χ1v) is 11.7. The number of carbonyl (C=O) groups excluding carboxylic acids is 2. The van der Waals surface area contributed by atoms with E-state index in [1.807, 2.05) is 29.2 Å². The van der Waals surface area contributed by atoms with Gasteiger partial charge in [-0.05, 0) is 60.9 Å². The molecule has 4 rings (SSSR count). The van der Waals surface area contributed by atoms with E-state index in [2.05, 4.69) is 34.5 Å². The number of rotatable bonds is 6. The molecule has 2 aromatic carbocycles. The van der Waals surface area contributed by atoms with Crippen LogP contribution >= 0.6 is 0 Å². The van der Waals surface area contributed by atoms with Gasteiger partial charge < -0.3 is 15.0 Å². The molecule has 0 radical (unpaired) electrons. The van der Waals surface area contributed by atoms with Crippen molar-refractivity contribution in [3.05, 3.63) is 65.2 Å². The summed E-state index contributed by atoms with van der Waals surface area (Å²) in [7, 11) is 0. The highest BCUT2D eigenvalue weighted by atomic mass is 16.5. The summed E-state index contributed by atoms with van der Waals surface area (Å²) in [6.07, 6.45) is 3.57. The molecule has 0 aliphatic carbocycles. The van der Waals surface area contributed by atoms with Crippen molar-refractivity contribution in [3.63, 3.8) is 0 Å². The third-order valence-electron chi connectivity index (χ3n) is 6.39. The number of carbonyl (C=O) groups is 2. The SMILES string of the molecule is CCOC(=O)Cc1ccc(NC(=O)N2CCC[C@@H](CN3CCc4ccccc4C3)C2)cc1. The Morgan fingerprint density at radius 2 is 1.84 bits per heavy atom. The first kappa shape index (κ1) is 22.3. The number of nitrogens with zero attached hydrogens (tertiary/aromatic N) is 2. The normalized spacial score (nSPS) is 18.7. The highest BCUT2D eigenvalue weighted by Gasteiger charge is 2.26. The lowest BCUT2D eigenvalue weighted by atomic mass is 9.95. The van der Waals surface area contributed by atoms with E-state index in [1.165, 1.54) is 17.5 Å². The smallest absolute Gasteiger partial charge is 0.321 e. The lowest BCUT2D eigenvalue weighted by molar-refractivity contribution is -0.142. The number of nitrogens with one attached hydrogen (secondary N) is 1. The summed E-state index contributed by atoms with van der Waals surface area (Å²) in [5.74, 6) is 0.271. The third kappa shape index (κ3) is 5.88. The summed E-state index contributed by atoms with van der Waals surface area (Å²) in [5, 5.41) is 3.01. The number of hydrogen-bond acceptors (Lipinski definition) is 4. The first-order valence-electron chi connectivity index (χ1n) is 11.7. The number of hydrogen-bond donors (Lipinski definition) is 1. The average molecular weight is 436 g/mol. The van der Waals surface area contributed by atoms with Crippen molar-refractivity contribution in [1.29, 1.82) is 0 Å². The lowest BCUT2D eigenvalue weighted by Crippen LogP contribution is -2.46. The molecule has 2 aliphatic rings. The van der Waals surface area contributed by atoms with Gasteiger partial charge in [-0.3, -0.25) is 9.69 Å². The van der Waals surface area contributed by atoms with E-state index >= 15 is 0 Å². The van der Waals surface area contributed by atoms with E-state index in [0.29, 0.717) is 12.5 Å². The van der Waals surface area contributed by atoms with Crippen LogP contribution in [0.4, 0.5) is 10.5 Å². The Kier molecular flexibility index (Phi) is 7.43. The first-order chi connectivity index (χ1) is 15.6. The monoisotopic (exact) mass is 435 g/mol. The Labute approximate surface area is 190 Å². The topological polar surface area (TPSA) is 61.9 Å². The number of likely N-dealkylation sites (tertiary alicyclic amines) is 1. The molecule has 0 unspecified atom stereocenters. The second-order valence-electron chi connectivity index (χ2n) is 8.82. The minimum atomic E-state index is -0.235. The number of piperidine rings is 1. The van der Waals surface area contributed by atoms with Crippen LogP contribution in [0.2, 0.25) is 0 Å². The molecule has 1 fully saturated rings. The minimum Gasteiger partial charge on any atom is -0.466 e. The second kappa shape index (κ2) is 10.6. The van der Waals surface area contributed by atoms with Gasteiger partial charge in [0.2, 0.25) is 0 Å². The maximum atomic E-state index is 12.8. The zero-order chi connectivity index (χ0) is 22.3. The quantitative estimate of drug-likeness (QED) is 0.694. The fourth-order valence-corrected chi connectivity index (χ4v) is 4.76. The largest absolute Gasteiger partial charge is 0.466 e. The van der Waals surface area contributed by atoms with E-state index < -0.39 is 0 Å². The van der Waals surface area contributed by atoms with Crippen molar-refractivity contribution in [2.75, 3.05) is 38.1 Å². The van der Waals surface area contributed by atoms with Gasteiger partial charge in [0.1, 0.15) is 0 Å². The molecule has 0 aromatic heterocycles. The van der Waals surface area contributed by atoms with E-state index in [-0.39, 0.29) is 18.4 Å². The van der Waals surface area contributed by atoms with Gasteiger partial charge in [-0.1, -0.05) is 36.4 Å². The third-order valence-corrected chi connectivity index (χ3v) is 6.39. The number of anilines is 1. The van der Waals surface area contributed by atoms with E-state index in [1.54, 1.807) is 6.92 Å². The zero-order valence-electron chi connectivity index (χ0n) is 18.9. The number of esters is 1. The molecule has 0 spiro atoms. The van der Waals surface area contributed by atoms with Crippen LogP contribution in [0, 0.1) is 5.92 Å². The van der Waals surface area contributed by atoms with Crippen molar-refractivity contribution in [2.45, 2.75) is 39.2 Å². The lowest BCUT2D eigenvalue weighted by Gasteiger charge is -2.37. The molecule has 2 aliphatic heterocycles. The molecule has 32 heavy (non-hydrogen) atoms. The van der Waals surface area contributed by atoms with Crippen LogP contribution in [0.3, 0.4) is 0 Å². The Bertz CT molecular complexity index is 928. The standard InChI is InChI=1S/C26H33N3O3/c1-2-32-25(30)16-20-9-11-24(12-10-20)27-26(31)29-14-5-6-21(18-29)17-28-15-13-22-7-3-4-8-23(22)19-28/h3-4,7-12,21H,2,5-6,13-19H2,1H3,(H,27,31)/t21-/m0/s1. The van der Waals surface area contributed by atoms with Crippen molar-refractivity contribution in [1.82, 2.24) is 9.80 Å². The summed E-state index contributed by atoms with van der Waals surface area (Å²) in [5.41, 5.74) is 4.54. The number of fused-ring (bicyclic) bond motifs is 1. The summed E-state index contributed by atoms with van der Waals surface area (Å²) < 4.78 is 4.98. The molecule has 2 amide bonds. The Hall–Kier alpha value is -2.86. The Morgan fingerprint density at radius 1 is 1.06 bits per heavy atom. The molecule has 170 valence electrons. The van der Waals surface area contributed by atoms with Crippen molar-refractivity contribution < 1.29 is 14.3 Å². The fraction of sp³-hybridized carbons (Fsp3) is 0.462. The minimum absolute atomic E-state index is 0.0446. The van der Waals surface area contributed by atoms with Crippen molar-refractivity contribution in [2.24, 2.45) is 5.92 Å². The number of ether oxygens (including phenoxy) is 1. The van der Waals surface area contributed by atoms with Gasteiger partial charge in [0.05, 0.1) is 13.0 Å². The predicted octanol–water partition coefficient (Wildman–Crippen LogP) is 4.09. The van der Waals surface area contributed by atoms with Crippen LogP contribution in [0.1, 0.15) is 36.5 Å². The molecular formula is C26H33N3O3. The summed E-state index contributed by atoms with van der Waals surface area (Å²) in [4.78, 5) is 28.9. The number of benzene rings is 2. The average Bonchev–Trinajstić information content (AvgIpc) is 2.80. The van der Waals surface area contributed by atoms with Gasteiger partial charge in [0, 0.05) is 38.4 Å². The molecule has 6 heteroatoms. The molecule has 0 saturated carbocycles. The van der Waals surface area contributed by atoms with Gasteiger partial charge in [-0.2, -0.15) is 0 Å². The van der Waals surface area contributed by atoms with E-state index in [4.69, 9.17) is 4.74 Å².